The first-order valence-corrected chi connectivity index (χ1v) is 11.0. The summed E-state index contributed by atoms with van der Waals surface area (Å²) in [4.78, 5) is 28.6. The summed E-state index contributed by atoms with van der Waals surface area (Å²) in [5.74, 6) is 0.696. The highest BCUT2D eigenvalue weighted by molar-refractivity contribution is 9.11. The minimum Gasteiger partial charge on any atom is -0.463 e. The second kappa shape index (κ2) is 8.02. The van der Waals surface area contributed by atoms with E-state index in [2.05, 4.69) is 46.7 Å². The molecule has 0 atom stereocenters. The van der Waals surface area contributed by atoms with Gasteiger partial charge in [0.1, 0.15) is 0 Å². The van der Waals surface area contributed by atoms with E-state index in [1.54, 1.807) is 24.7 Å². The van der Waals surface area contributed by atoms with Crippen molar-refractivity contribution >= 4 is 42.8 Å². The number of hydrogen-bond acceptors (Lipinski definition) is 6. The summed E-state index contributed by atoms with van der Waals surface area (Å²) in [6.45, 7) is 2.03. The molecule has 0 spiro atoms. The van der Waals surface area contributed by atoms with Crippen molar-refractivity contribution in [3.63, 3.8) is 0 Å². The fraction of sp³-hybridized carbons (Fsp3) is 0.182. The lowest BCUT2D eigenvalue weighted by Crippen LogP contribution is -2.32. The smallest absolute Gasteiger partial charge is 0.197 e. The molecule has 3 aromatic heterocycles. The van der Waals surface area contributed by atoms with Crippen LogP contribution >= 0.6 is 31.9 Å². The Morgan fingerprint density at radius 2 is 2.10 bits per heavy atom. The standard InChI is InChI=1S/C22H16Br2N4O2/c23-16-6-17-20(29)15(12-30-21(17)18(24)7-16)11-28-5-3-19-14(10-28)9-26-22(27-19)13-2-1-4-25-8-13/h1-2,4,6-9,12H,3,5,10-11H2. The average Bonchev–Trinajstić information content (AvgIpc) is 2.76. The van der Waals surface area contributed by atoms with Crippen molar-refractivity contribution in [2.45, 2.75) is 19.5 Å². The number of halogens is 2. The number of pyridine rings is 1. The molecule has 4 heterocycles. The van der Waals surface area contributed by atoms with Crippen molar-refractivity contribution < 1.29 is 4.42 Å². The molecule has 4 aromatic rings. The van der Waals surface area contributed by atoms with Crippen LogP contribution in [0.5, 0.6) is 0 Å². The van der Waals surface area contributed by atoms with Gasteiger partial charge in [0.25, 0.3) is 0 Å². The van der Waals surface area contributed by atoms with Gasteiger partial charge in [0, 0.05) is 65.8 Å². The number of aromatic nitrogens is 3. The molecule has 0 saturated carbocycles. The molecule has 0 unspecified atom stereocenters. The molecule has 8 heteroatoms. The Kier molecular flexibility index (Phi) is 5.22. The summed E-state index contributed by atoms with van der Waals surface area (Å²) in [7, 11) is 0. The Bertz CT molecular complexity index is 1310. The van der Waals surface area contributed by atoms with E-state index in [-0.39, 0.29) is 5.43 Å². The lowest BCUT2D eigenvalue weighted by atomic mass is 10.1. The zero-order valence-corrected chi connectivity index (χ0v) is 19.0. The first kappa shape index (κ1) is 19.5. The van der Waals surface area contributed by atoms with Crippen molar-refractivity contribution in [2.75, 3.05) is 6.54 Å². The van der Waals surface area contributed by atoms with Crippen LogP contribution in [0.4, 0.5) is 0 Å². The molecule has 0 saturated heterocycles. The zero-order chi connectivity index (χ0) is 20.7. The number of fused-ring (bicyclic) bond motifs is 2. The van der Waals surface area contributed by atoms with Crippen LogP contribution in [0.2, 0.25) is 0 Å². The van der Waals surface area contributed by atoms with Crippen LogP contribution in [0.25, 0.3) is 22.4 Å². The summed E-state index contributed by atoms with van der Waals surface area (Å²) in [5, 5.41) is 0.565. The molecule has 0 radical (unpaired) electrons. The van der Waals surface area contributed by atoms with E-state index in [0.717, 1.165) is 38.7 Å². The van der Waals surface area contributed by atoms with E-state index in [4.69, 9.17) is 9.40 Å². The molecule has 1 aliphatic rings. The monoisotopic (exact) mass is 526 g/mol. The van der Waals surface area contributed by atoms with Crippen molar-refractivity contribution in [1.82, 2.24) is 19.9 Å². The summed E-state index contributed by atoms with van der Waals surface area (Å²) < 4.78 is 7.35. The molecule has 30 heavy (non-hydrogen) atoms. The van der Waals surface area contributed by atoms with Gasteiger partial charge in [-0.25, -0.2) is 9.97 Å². The molecule has 6 nitrogen and oxygen atoms in total. The van der Waals surface area contributed by atoms with Gasteiger partial charge in [-0.1, -0.05) is 15.9 Å². The maximum atomic E-state index is 13.0. The third-order valence-electron chi connectivity index (χ3n) is 5.19. The third kappa shape index (κ3) is 3.71. The fourth-order valence-corrected chi connectivity index (χ4v) is 5.02. The maximum absolute atomic E-state index is 13.0. The molecule has 1 aromatic carbocycles. The van der Waals surface area contributed by atoms with Gasteiger partial charge in [-0.2, -0.15) is 0 Å². The van der Waals surface area contributed by atoms with Gasteiger partial charge in [0.2, 0.25) is 0 Å². The minimum atomic E-state index is -0.00720. The number of hydrogen-bond donors (Lipinski definition) is 0. The molecule has 150 valence electrons. The summed E-state index contributed by atoms with van der Waals surface area (Å²) in [6.07, 6.45) is 7.77. The Balaban J connectivity index is 1.39. The highest BCUT2D eigenvalue weighted by Crippen LogP contribution is 2.27. The van der Waals surface area contributed by atoms with E-state index in [1.807, 2.05) is 24.4 Å². The quantitative estimate of drug-likeness (QED) is 0.383. The zero-order valence-electron chi connectivity index (χ0n) is 15.8. The Hall–Kier alpha value is -2.42. The predicted molar refractivity (Wildman–Crippen MR) is 121 cm³/mol. The topological polar surface area (TPSA) is 72.1 Å². The maximum Gasteiger partial charge on any atom is 0.197 e. The molecule has 0 fully saturated rings. The number of rotatable bonds is 3. The van der Waals surface area contributed by atoms with Crippen LogP contribution in [0.15, 0.2) is 67.3 Å². The molecule has 0 amide bonds. The van der Waals surface area contributed by atoms with Crippen LogP contribution in [0, 0.1) is 0 Å². The van der Waals surface area contributed by atoms with Gasteiger partial charge in [0.05, 0.1) is 21.8 Å². The second-order valence-corrected chi connectivity index (χ2v) is 8.99. The van der Waals surface area contributed by atoms with Gasteiger partial charge in [-0.15, -0.1) is 0 Å². The number of nitrogens with zero attached hydrogens (tertiary/aromatic N) is 4. The SMILES string of the molecule is O=c1c(CN2CCc3nc(-c4cccnc4)ncc3C2)coc2c(Br)cc(Br)cc12. The lowest BCUT2D eigenvalue weighted by Gasteiger charge is -2.27. The third-order valence-corrected chi connectivity index (χ3v) is 6.24. The number of benzene rings is 1. The molecule has 5 rings (SSSR count). The van der Waals surface area contributed by atoms with Gasteiger partial charge in [0.15, 0.2) is 16.8 Å². The van der Waals surface area contributed by atoms with Crippen LogP contribution in [-0.4, -0.2) is 26.4 Å². The van der Waals surface area contributed by atoms with Gasteiger partial charge in [-0.05, 0) is 40.2 Å². The Morgan fingerprint density at radius 3 is 2.93 bits per heavy atom. The Morgan fingerprint density at radius 1 is 1.20 bits per heavy atom. The molecule has 0 aliphatic carbocycles. The molecule has 0 bridgehead atoms. The van der Waals surface area contributed by atoms with Crippen LogP contribution < -0.4 is 5.43 Å². The normalized spacial score (nSPS) is 14.1. The van der Waals surface area contributed by atoms with Crippen LogP contribution in [-0.2, 0) is 19.5 Å². The second-order valence-electron chi connectivity index (χ2n) is 7.22. The van der Waals surface area contributed by atoms with Crippen LogP contribution in [0.3, 0.4) is 0 Å². The minimum absolute atomic E-state index is 0.00720. The predicted octanol–water partition coefficient (Wildman–Crippen LogP) is 4.73. The first-order valence-electron chi connectivity index (χ1n) is 9.45. The van der Waals surface area contributed by atoms with Crippen molar-refractivity contribution in [1.29, 1.82) is 0 Å². The average molecular weight is 528 g/mol. The first-order chi connectivity index (χ1) is 14.6. The molecule has 1 aliphatic heterocycles. The van der Waals surface area contributed by atoms with Crippen LogP contribution in [0.1, 0.15) is 16.8 Å². The lowest BCUT2D eigenvalue weighted by molar-refractivity contribution is 0.240. The fourth-order valence-electron chi connectivity index (χ4n) is 3.70. The van der Waals surface area contributed by atoms with Gasteiger partial charge >= 0.3 is 0 Å². The largest absolute Gasteiger partial charge is 0.463 e. The van der Waals surface area contributed by atoms with E-state index in [0.29, 0.717) is 35.4 Å². The van der Waals surface area contributed by atoms with E-state index in [1.165, 1.54) is 0 Å². The van der Waals surface area contributed by atoms with Crippen molar-refractivity contribution in [3.8, 4) is 11.4 Å². The highest BCUT2D eigenvalue weighted by atomic mass is 79.9. The van der Waals surface area contributed by atoms with E-state index < -0.39 is 0 Å². The Labute approximate surface area is 189 Å². The summed E-state index contributed by atoms with van der Waals surface area (Å²) >= 11 is 6.90. The van der Waals surface area contributed by atoms with Gasteiger partial charge < -0.3 is 4.42 Å². The van der Waals surface area contributed by atoms with E-state index in [9.17, 15) is 4.79 Å². The van der Waals surface area contributed by atoms with Crippen molar-refractivity contribution in [3.05, 3.63) is 85.1 Å². The van der Waals surface area contributed by atoms with Gasteiger partial charge in [-0.3, -0.25) is 14.7 Å². The summed E-state index contributed by atoms with van der Waals surface area (Å²) in [5.41, 5.74) is 4.25. The van der Waals surface area contributed by atoms with Crippen molar-refractivity contribution in [2.24, 2.45) is 0 Å². The summed E-state index contributed by atoms with van der Waals surface area (Å²) in [6, 6.07) is 7.51. The molecular formula is C22H16Br2N4O2. The van der Waals surface area contributed by atoms with E-state index >= 15 is 0 Å². The molecular weight excluding hydrogens is 512 g/mol. The highest BCUT2D eigenvalue weighted by Gasteiger charge is 2.21. The molecule has 0 N–H and O–H groups in total.